The van der Waals surface area contributed by atoms with Crippen molar-refractivity contribution in [3.05, 3.63) is 69.0 Å². The van der Waals surface area contributed by atoms with Crippen LogP contribution >= 0.6 is 0 Å². The highest BCUT2D eigenvalue weighted by Gasteiger charge is 2.34. The zero-order valence-electron chi connectivity index (χ0n) is 16.2. The second-order valence-electron chi connectivity index (χ2n) is 7.63. The Morgan fingerprint density at radius 2 is 2.17 bits per heavy atom. The number of nitro benzene ring substituents is 1. The Balaban J connectivity index is 1.41. The van der Waals surface area contributed by atoms with Crippen LogP contribution in [0.25, 0.3) is 6.08 Å². The van der Waals surface area contributed by atoms with E-state index in [9.17, 15) is 14.9 Å². The van der Waals surface area contributed by atoms with Crippen LogP contribution in [0.15, 0.2) is 42.2 Å². The molecule has 30 heavy (non-hydrogen) atoms. The van der Waals surface area contributed by atoms with Gasteiger partial charge in [0.2, 0.25) is 5.78 Å². The molecule has 0 radical (unpaired) electrons. The molecule has 2 aromatic carbocycles. The summed E-state index contributed by atoms with van der Waals surface area (Å²) in [7, 11) is 0. The lowest BCUT2D eigenvalue weighted by Crippen LogP contribution is -2.37. The predicted molar refractivity (Wildman–Crippen MR) is 107 cm³/mol. The van der Waals surface area contributed by atoms with E-state index < -0.39 is 4.92 Å². The van der Waals surface area contributed by atoms with Crippen molar-refractivity contribution in [3.63, 3.8) is 0 Å². The number of allylic oxidation sites excluding steroid dienone is 1. The molecule has 3 aliphatic rings. The molecule has 1 fully saturated rings. The van der Waals surface area contributed by atoms with Crippen molar-refractivity contribution < 1.29 is 23.9 Å². The zero-order chi connectivity index (χ0) is 20.7. The van der Waals surface area contributed by atoms with Gasteiger partial charge < -0.3 is 14.2 Å². The lowest BCUT2D eigenvalue weighted by molar-refractivity contribution is -0.384. The summed E-state index contributed by atoms with van der Waals surface area (Å²) in [6.45, 7) is 2.65. The van der Waals surface area contributed by atoms with Crippen molar-refractivity contribution in [1.29, 1.82) is 0 Å². The van der Waals surface area contributed by atoms with Crippen LogP contribution in [0.1, 0.15) is 34.3 Å². The molecule has 1 saturated heterocycles. The molecule has 0 aliphatic carbocycles. The van der Waals surface area contributed by atoms with Crippen molar-refractivity contribution in [3.8, 4) is 11.5 Å². The molecule has 1 unspecified atom stereocenters. The zero-order valence-corrected chi connectivity index (χ0v) is 16.2. The number of Topliss-reactive ketones (excluding diaryl/α,β-unsaturated/α-hetero) is 1. The third-order valence-corrected chi connectivity index (χ3v) is 5.55. The fraction of sp³-hybridized carbons (Fsp3) is 0.318. The summed E-state index contributed by atoms with van der Waals surface area (Å²) in [6, 6.07) is 9.60. The summed E-state index contributed by atoms with van der Waals surface area (Å²) < 4.78 is 17.6. The second-order valence-corrected chi connectivity index (χ2v) is 7.63. The van der Waals surface area contributed by atoms with E-state index >= 15 is 0 Å². The summed E-state index contributed by atoms with van der Waals surface area (Å²) in [5.74, 6) is 1.12. The number of non-ortho nitro benzene ring substituents is 1. The molecule has 0 saturated carbocycles. The number of ketones is 1. The van der Waals surface area contributed by atoms with Crippen LogP contribution in [0.2, 0.25) is 0 Å². The highest BCUT2D eigenvalue weighted by Crippen LogP contribution is 2.42. The molecule has 5 rings (SSSR count). The maximum absolute atomic E-state index is 12.9. The first-order valence-electron chi connectivity index (χ1n) is 9.90. The number of nitrogens with zero attached hydrogens (tertiary/aromatic N) is 2. The number of carbonyl (C=O) groups is 1. The minimum atomic E-state index is -0.468. The molecular formula is C22H20N2O6. The topological polar surface area (TPSA) is 91.1 Å². The van der Waals surface area contributed by atoms with E-state index in [-0.39, 0.29) is 23.3 Å². The van der Waals surface area contributed by atoms with Gasteiger partial charge >= 0.3 is 0 Å². The van der Waals surface area contributed by atoms with Crippen LogP contribution < -0.4 is 9.47 Å². The van der Waals surface area contributed by atoms with Crippen LogP contribution in [0.3, 0.4) is 0 Å². The van der Waals surface area contributed by atoms with Crippen LogP contribution in [-0.2, 0) is 11.3 Å². The van der Waals surface area contributed by atoms with Gasteiger partial charge in [0.15, 0.2) is 5.76 Å². The summed E-state index contributed by atoms with van der Waals surface area (Å²) >= 11 is 0. The number of benzene rings is 2. The van der Waals surface area contributed by atoms with E-state index in [1.54, 1.807) is 24.3 Å². The molecule has 2 aromatic rings. The van der Waals surface area contributed by atoms with E-state index in [1.807, 2.05) is 0 Å². The number of fused-ring (bicyclic) bond motifs is 3. The van der Waals surface area contributed by atoms with Crippen LogP contribution in [0.4, 0.5) is 5.69 Å². The average molecular weight is 408 g/mol. The monoisotopic (exact) mass is 408 g/mol. The summed E-state index contributed by atoms with van der Waals surface area (Å²) in [6.07, 6.45) is 3.87. The van der Waals surface area contributed by atoms with E-state index in [1.165, 1.54) is 18.2 Å². The third kappa shape index (κ3) is 3.44. The van der Waals surface area contributed by atoms with Crippen LogP contribution in [0, 0.1) is 10.1 Å². The Labute approximate surface area is 172 Å². The summed E-state index contributed by atoms with van der Waals surface area (Å²) in [4.78, 5) is 25.6. The Bertz CT molecular complexity index is 1060. The van der Waals surface area contributed by atoms with Crippen molar-refractivity contribution >= 4 is 17.5 Å². The van der Waals surface area contributed by atoms with Crippen LogP contribution in [-0.4, -0.2) is 41.6 Å². The molecule has 0 N–H and O–H groups in total. The van der Waals surface area contributed by atoms with Crippen molar-refractivity contribution in [1.82, 2.24) is 4.90 Å². The van der Waals surface area contributed by atoms with E-state index in [0.29, 0.717) is 35.9 Å². The number of rotatable bonds is 4. The molecule has 3 aliphatic heterocycles. The van der Waals surface area contributed by atoms with Gasteiger partial charge in [-0.15, -0.1) is 0 Å². The molecule has 154 valence electrons. The van der Waals surface area contributed by atoms with Gasteiger partial charge in [-0.25, -0.2) is 0 Å². The lowest BCUT2D eigenvalue weighted by atomic mass is 10.0. The van der Waals surface area contributed by atoms with Gasteiger partial charge in [0, 0.05) is 31.8 Å². The van der Waals surface area contributed by atoms with Crippen molar-refractivity contribution in [2.75, 3.05) is 19.9 Å². The minimum Gasteiger partial charge on any atom is -0.478 e. The first-order valence-corrected chi connectivity index (χ1v) is 9.90. The summed E-state index contributed by atoms with van der Waals surface area (Å²) in [5.41, 5.74) is 1.81. The molecule has 1 atom stereocenters. The van der Waals surface area contributed by atoms with E-state index in [2.05, 4.69) is 4.90 Å². The quantitative estimate of drug-likeness (QED) is 0.434. The molecule has 0 spiro atoms. The van der Waals surface area contributed by atoms with Crippen LogP contribution in [0.5, 0.6) is 11.5 Å². The Morgan fingerprint density at radius 1 is 1.27 bits per heavy atom. The van der Waals surface area contributed by atoms with Gasteiger partial charge in [-0.3, -0.25) is 19.8 Å². The van der Waals surface area contributed by atoms with Gasteiger partial charge in [-0.05, 0) is 36.6 Å². The number of nitro groups is 1. The Kier molecular flexibility index (Phi) is 4.72. The van der Waals surface area contributed by atoms with E-state index in [0.717, 1.165) is 31.6 Å². The Hall–Kier alpha value is -3.23. The average Bonchev–Trinajstić information content (AvgIpc) is 3.37. The minimum absolute atomic E-state index is 0.0390. The second kappa shape index (κ2) is 7.55. The highest BCUT2D eigenvalue weighted by atomic mass is 16.6. The predicted octanol–water partition coefficient (Wildman–Crippen LogP) is 3.54. The molecule has 0 amide bonds. The fourth-order valence-corrected chi connectivity index (χ4v) is 4.08. The standard InChI is InChI=1S/C22H20N2O6/c25-21-17-6-7-19-18(12-23(13-29-19)11-16-5-2-8-28-16)22(17)30-20(21)10-14-3-1-4-15(9-14)24(26)27/h1,3-4,6-7,9-10,16H,2,5,8,11-13H2/b20-10-. The van der Waals surface area contributed by atoms with Crippen molar-refractivity contribution in [2.24, 2.45) is 0 Å². The maximum atomic E-state index is 12.9. The molecule has 3 heterocycles. The normalized spacial score (nSPS) is 21.8. The number of hydrogen-bond acceptors (Lipinski definition) is 7. The van der Waals surface area contributed by atoms with Gasteiger partial charge in [-0.2, -0.15) is 0 Å². The van der Waals surface area contributed by atoms with E-state index in [4.69, 9.17) is 14.2 Å². The van der Waals surface area contributed by atoms with Gasteiger partial charge in [0.1, 0.15) is 18.2 Å². The third-order valence-electron chi connectivity index (χ3n) is 5.55. The van der Waals surface area contributed by atoms with Gasteiger partial charge in [-0.1, -0.05) is 12.1 Å². The number of ether oxygens (including phenoxy) is 3. The smallest absolute Gasteiger partial charge is 0.270 e. The van der Waals surface area contributed by atoms with Gasteiger partial charge in [0.25, 0.3) is 5.69 Å². The first-order chi connectivity index (χ1) is 14.6. The SMILES string of the molecule is O=C1/C(=C/c2cccc([N+](=O)[O-])c2)Oc2c1ccc1c2CN(CC2CCCO2)CO1. The largest absolute Gasteiger partial charge is 0.478 e. The van der Waals surface area contributed by atoms with Crippen molar-refractivity contribution in [2.45, 2.75) is 25.5 Å². The number of carbonyl (C=O) groups excluding carboxylic acids is 1. The Morgan fingerprint density at radius 3 is 2.97 bits per heavy atom. The fourth-order valence-electron chi connectivity index (χ4n) is 4.08. The van der Waals surface area contributed by atoms with Gasteiger partial charge in [0.05, 0.1) is 22.2 Å². The molecule has 0 aromatic heterocycles. The number of hydrogen-bond donors (Lipinski definition) is 0. The molecule has 8 nitrogen and oxygen atoms in total. The molecular weight excluding hydrogens is 388 g/mol. The highest BCUT2D eigenvalue weighted by molar-refractivity contribution is 6.15. The lowest BCUT2D eigenvalue weighted by Gasteiger charge is -2.31. The molecule has 8 heteroatoms. The maximum Gasteiger partial charge on any atom is 0.270 e. The molecule has 0 bridgehead atoms. The first kappa shape index (κ1) is 18.8. The summed E-state index contributed by atoms with van der Waals surface area (Å²) in [5, 5.41) is 11.0.